The van der Waals surface area contributed by atoms with Gasteiger partial charge in [0.05, 0.1) is 21.6 Å². The first-order valence-corrected chi connectivity index (χ1v) is 7.77. The SMILES string of the molecule is CC(C)S(=O)c1ccc(S(=O)C(C)C)cc1. The molecule has 1 aromatic carbocycles. The highest BCUT2D eigenvalue weighted by Gasteiger charge is 2.11. The Labute approximate surface area is 102 Å². The fraction of sp³-hybridized carbons (Fsp3) is 0.500. The van der Waals surface area contributed by atoms with Crippen LogP contribution in [0.15, 0.2) is 34.1 Å². The number of hydrogen-bond acceptors (Lipinski definition) is 2. The summed E-state index contributed by atoms with van der Waals surface area (Å²) in [5, 5.41) is 0.225. The van der Waals surface area contributed by atoms with Crippen LogP contribution in [0.4, 0.5) is 0 Å². The van der Waals surface area contributed by atoms with Gasteiger partial charge in [-0.1, -0.05) is 27.7 Å². The van der Waals surface area contributed by atoms with Crippen molar-refractivity contribution in [3.8, 4) is 0 Å². The van der Waals surface area contributed by atoms with Gasteiger partial charge >= 0.3 is 0 Å². The van der Waals surface area contributed by atoms with E-state index in [2.05, 4.69) is 0 Å². The molecule has 0 aliphatic heterocycles. The average Bonchev–Trinajstić information content (AvgIpc) is 2.27. The van der Waals surface area contributed by atoms with E-state index in [-0.39, 0.29) is 10.5 Å². The van der Waals surface area contributed by atoms with Gasteiger partial charge in [-0.15, -0.1) is 0 Å². The minimum absolute atomic E-state index is 0.112. The third-order valence-electron chi connectivity index (χ3n) is 2.14. The first kappa shape index (κ1) is 13.6. The monoisotopic (exact) mass is 258 g/mol. The molecule has 0 spiro atoms. The molecule has 0 radical (unpaired) electrons. The average molecular weight is 258 g/mol. The Hall–Kier alpha value is -0.480. The molecule has 1 rings (SSSR count). The zero-order chi connectivity index (χ0) is 12.3. The molecule has 0 N–H and O–H groups in total. The van der Waals surface area contributed by atoms with Gasteiger partial charge in [-0.2, -0.15) is 0 Å². The molecule has 2 nitrogen and oxygen atoms in total. The molecule has 0 heterocycles. The summed E-state index contributed by atoms with van der Waals surface area (Å²) in [6.07, 6.45) is 0. The van der Waals surface area contributed by atoms with Gasteiger partial charge < -0.3 is 0 Å². The predicted molar refractivity (Wildman–Crippen MR) is 69.5 cm³/mol. The Morgan fingerprint density at radius 1 is 0.750 bits per heavy atom. The van der Waals surface area contributed by atoms with Gasteiger partial charge in [0.2, 0.25) is 0 Å². The summed E-state index contributed by atoms with van der Waals surface area (Å²) in [4.78, 5) is 1.61. The van der Waals surface area contributed by atoms with E-state index in [1.54, 1.807) is 0 Å². The van der Waals surface area contributed by atoms with Crippen molar-refractivity contribution in [2.24, 2.45) is 0 Å². The predicted octanol–water partition coefficient (Wildman–Crippen LogP) is 2.72. The van der Waals surface area contributed by atoms with Crippen molar-refractivity contribution >= 4 is 21.6 Å². The van der Waals surface area contributed by atoms with Crippen molar-refractivity contribution < 1.29 is 8.42 Å². The lowest BCUT2D eigenvalue weighted by Crippen LogP contribution is -2.07. The van der Waals surface area contributed by atoms with Gasteiger partial charge in [-0.05, 0) is 24.3 Å². The second-order valence-electron chi connectivity index (χ2n) is 4.16. The molecule has 0 aromatic heterocycles. The molecule has 0 bridgehead atoms. The Kier molecular flexibility index (Phi) is 4.87. The summed E-state index contributed by atoms with van der Waals surface area (Å²) in [5.41, 5.74) is 0. The Morgan fingerprint density at radius 3 is 1.19 bits per heavy atom. The molecule has 2 unspecified atom stereocenters. The molecule has 0 fully saturated rings. The molecule has 0 aliphatic rings. The maximum absolute atomic E-state index is 11.8. The van der Waals surface area contributed by atoms with Crippen LogP contribution in [0.5, 0.6) is 0 Å². The van der Waals surface area contributed by atoms with E-state index in [0.717, 1.165) is 9.79 Å². The fourth-order valence-corrected chi connectivity index (χ4v) is 3.15. The zero-order valence-electron chi connectivity index (χ0n) is 10.1. The number of rotatable bonds is 4. The van der Waals surface area contributed by atoms with Crippen molar-refractivity contribution in [3.63, 3.8) is 0 Å². The maximum atomic E-state index is 11.8. The van der Waals surface area contributed by atoms with Crippen molar-refractivity contribution in [1.29, 1.82) is 0 Å². The highest BCUT2D eigenvalue weighted by molar-refractivity contribution is 7.86. The highest BCUT2D eigenvalue weighted by Crippen LogP contribution is 2.16. The van der Waals surface area contributed by atoms with Crippen molar-refractivity contribution in [2.45, 2.75) is 48.0 Å². The topological polar surface area (TPSA) is 34.1 Å². The van der Waals surface area contributed by atoms with E-state index in [4.69, 9.17) is 0 Å². The third kappa shape index (κ3) is 3.25. The van der Waals surface area contributed by atoms with E-state index in [0.29, 0.717) is 0 Å². The Bertz CT molecular complexity index is 355. The summed E-state index contributed by atoms with van der Waals surface area (Å²) < 4.78 is 23.6. The maximum Gasteiger partial charge on any atom is 0.0555 e. The number of benzene rings is 1. The minimum Gasteiger partial charge on any atom is -0.254 e. The van der Waals surface area contributed by atoms with Crippen molar-refractivity contribution in [2.75, 3.05) is 0 Å². The van der Waals surface area contributed by atoms with Crippen LogP contribution in [-0.4, -0.2) is 18.9 Å². The largest absolute Gasteiger partial charge is 0.254 e. The van der Waals surface area contributed by atoms with Gasteiger partial charge in [0, 0.05) is 20.3 Å². The number of hydrogen-bond donors (Lipinski definition) is 0. The highest BCUT2D eigenvalue weighted by atomic mass is 32.2. The van der Waals surface area contributed by atoms with Crippen LogP contribution < -0.4 is 0 Å². The van der Waals surface area contributed by atoms with E-state index in [1.165, 1.54) is 0 Å². The van der Waals surface area contributed by atoms with E-state index in [1.807, 2.05) is 52.0 Å². The van der Waals surface area contributed by atoms with Crippen LogP contribution in [0.3, 0.4) is 0 Å². The molecule has 0 saturated heterocycles. The van der Waals surface area contributed by atoms with Crippen LogP contribution in [-0.2, 0) is 21.6 Å². The molecule has 4 heteroatoms. The minimum atomic E-state index is -0.966. The fourth-order valence-electron chi connectivity index (χ4n) is 1.25. The molecule has 0 amide bonds. The summed E-state index contributed by atoms with van der Waals surface area (Å²) in [5.74, 6) is 0. The summed E-state index contributed by atoms with van der Waals surface area (Å²) >= 11 is 0. The van der Waals surface area contributed by atoms with Gasteiger partial charge in [-0.3, -0.25) is 8.42 Å². The molecule has 16 heavy (non-hydrogen) atoms. The Morgan fingerprint density at radius 2 is 1.00 bits per heavy atom. The lowest BCUT2D eigenvalue weighted by molar-refractivity contribution is 0.674. The molecule has 1 aromatic rings. The quantitative estimate of drug-likeness (QED) is 0.832. The standard InChI is InChI=1S/C12H18O2S2/c1-9(2)15(13)11-5-7-12(8-6-11)16(14)10(3)4/h5-10H,1-4H3. The van der Waals surface area contributed by atoms with Crippen molar-refractivity contribution in [3.05, 3.63) is 24.3 Å². The van der Waals surface area contributed by atoms with Crippen LogP contribution in [0, 0.1) is 0 Å². The summed E-state index contributed by atoms with van der Waals surface area (Å²) in [6.45, 7) is 7.71. The normalized spacial score (nSPS) is 15.4. The van der Waals surface area contributed by atoms with Crippen LogP contribution in [0.2, 0.25) is 0 Å². The molecular formula is C12H18O2S2. The third-order valence-corrected chi connectivity index (χ3v) is 5.33. The van der Waals surface area contributed by atoms with Gasteiger partial charge in [0.1, 0.15) is 0 Å². The van der Waals surface area contributed by atoms with Crippen molar-refractivity contribution in [1.82, 2.24) is 0 Å². The van der Waals surface area contributed by atoms with Gasteiger partial charge in [0.25, 0.3) is 0 Å². The smallest absolute Gasteiger partial charge is 0.0555 e. The summed E-state index contributed by atoms with van der Waals surface area (Å²) in [6, 6.07) is 7.24. The molecule has 0 aliphatic carbocycles. The first-order valence-electron chi connectivity index (χ1n) is 5.34. The van der Waals surface area contributed by atoms with Crippen LogP contribution in [0.25, 0.3) is 0 Å². The Balaban J connectivity index is 2.92. The summed E-state index contributed by atoms with van der Waals surface area (Å²) in [7, 11) is -1.93. The lowest BCUT2D eigenvalue weighted by atomic mass is 10.4. The molecule has 90 valence electrons. The lowest BCUT2D eigenvalue weighted by Gasteiger charge is -2.08. The van der Waals surface area contributed by atoms with E-state index < -0.39 is 21.6 Å². The zero-order valence-corrected chi connectivity index (χ0v) is 11.7. The molecule has 2 atom stereocenters. The van der Waals surface area contributed by atoms with Crippen LogP contribution in [0.1, 0.15) is 27.7 Å². The molecule has 0 saturated carbocycles. The second kappa shape index (κ2) is 5.73. The van der Waals surface area contributed by atoms with Gasteiger partial charge in [0.15, 0.2) is 0 Å². The first-order chi connectivity index (χ1) is 7.43. The van der Waals surface area contributed by atoms with E-state index >= 15 is 0 Å². The second-order valence-corrected chi connectivity index (χ2v) is 8.18. The van der Waals surface area contributed by atoms with E-state index in [9.17, 15) is 8.42 Å². The molecular weight excluding hydrogens is 240 g/mol. The van der Waals surface area contributed by atoms with Crippen LogP contribution >= 0.6 is 0 Å². The van der Waals surface area contributed by atoms with Gasteiger partial charge in [-0.25, -0.2) is 0 Å².